The van der Waals surface area contributed by atoms with Gasteiger partial charge in [0.25, 0.3) is 6.43 Å². The molecule has 0 aliphatic rings. The summed E-state index contributed by atoms with van der Waals surface area (Å²) >= 11 is 0. The van der Waals surface area contributed by atoms with E-state index in [-0.39, 0.29) is 18.0 Å². The summed E-state index contributed by atoms with van der Waals surface area (Å²) in [5.41, 5.74) is -0.945. The monoisotopic (exact) mass is 274 g/mol. The van der Waals surface area contributed by atoms with Crippen molar-refractivity contribution >= 4 is 5.97 Å². The lowest BCUT2D eigenvalue weighted by molar-refractivity contribution is 0.0506. The smallest absolute Gasteiger partial charge is 0.341 e. The van der Waals surface area contributed by atoms with Gasteiger partial charge in [-0.15, -0.1) is 0 Å². The zero-order valence-corrected chi connectivity index (χ0v) is 11.0. The highest BCUT2D eigenvalue weighted by atomic mass is 19.3. The van der Waals surface area contributed by atoms with Gasteiger partial charge in [-0.3, -0.25) is 0 Å². The Labute approximate surface area is 110 Å². The molecule has 0 amide bonds. The first-order valence-electron chi connectivity index (χ1n) is 5.94. The van der Waals surface area contributed by atoms with Crippen molar-refractivity contribution in [3.8, 4) is 0 Å². The van der Waals surface area contributed by atoms with Gasteiger partial charge in [0.05, 0.1) is 6.61 Å². The Morgan fingerprint density at radius 1 is 1.37 bits per heavy atom. The van der Waals surface area contributed by atoms with Crippen LogP contribution in [-0.2, 0) is 9.47 Å². The number of carbonyl (C=O) groups excluding carboxylic acids is 1. The minimum absolute atomic E-state index is 0.0958. The van der Waals surface area contributed by atoms with Crippen LogP contribution >= 0.6 is 0 Å². The molecular formula is C12H16F2N2O3. The van der Waals surface area contributed by atoms with E-state index >= 15 is 0 Å². The average molecular weight is 274 g/mol. The van der Waals surface area contributed by atoms with E-state index in [9.17, 15) is 13.6 Å². The molecule has 106 valence electrons. The van der Waals surface area contributed by atoms with E-state index < -0.39 is 24.2 Å². The number of alkyl halides is 2. The number of aromatic nitrogens is 2. The van der Waals surface area contributed by atoms with E-state index in [1.54, 1.807) is 20.8 Å². The summed E-state index contributed by atoms with van der Waals surface area (Å²) in [5, 5.41) is 0. The van der Waals surface area contributed by atoms with Crippen molar-refractivity contribution in [3.05, 3.63) is 23.3 Å². The Morgan fingerprint density at radius 2 is 2.05 bits per heavy atom. The minimum Gasteiger partial charge on any atom is -0.462 e. The standard InChI is InChI=1S/C12H16F2N2O3/c1-4-18-7(3)11-15-6-8(12(17)19-5-2)9(16-11)10(13)14/h6-7,10H,4-5H2,1-3H3. The number of esters is 1. The summed E-state index contributed by atoms with van der Waals surface area (Å²) in [6.07, 6.45) is -2.34. The Kier molecular flexibility index (Phi) is 5.75. The summed E-state index contributed by atoms with van der Waals surface area (Å²) < 4.78 is 35.7. The molecule has 0 saturated heterocycles. The first-order chi connectivity index (χ1) is 9.01. The summed E-state index contributed by atoms with van der Waals surface area (Å²) in [4.78, 5) is 19.1. The molecule has 5 nitrogen and oxygen atoms in total. The fraction of sp³-hybridized carbons (Fsp3) is 0.583. The Hall–Kier alpha value is -1.63. The average Bonchev–Trinajstić information content (AvgIpc) is 2.38. The zero-order valence-electron chi connectivity index (χ0n) is 11.0. The molecule has 1 heterocycles. The van der Waals surface area contributed by atoms with E-state index in [2.05, 4.69) is 14.7 Å². The van der Waals surface area contributed by atoms with E-state index in [4.69, 9.17) is 4.74 Å². The van der Waals surface area contributed by atoms with Crippen molar-refractivity contribution < 1.29 is 23.0 Å². The van der Waals surface area contributed by atoms with Crippen molar-refractivity contribution in [3.63, 3.8) is 0 Å². The molecule has 1 atom stereocenters. The van der Waals surface area contributed by atoms with Gasteiger partial charge in [0.2, 0.25) is 0 Å². The maximum Gasteiger partial charge on any atom is 0.341 e. The van der Waals surface area contributed by atoms with Crippen LogP contribution in [0.15, 0.2) is 6.20 Å². The van der Waals surface area contributed by atoms with Gasteiger partial charge in [0.1, 0.15) is 17.4 Å². The van der Waals surface area contributed by atoms with E-state index in [0.717, 1.165) is 6.20 Å². The summed E-state index contributed by atoms with van der Waals surface area (Å²) in [6.45, 7) is 5.52. The molecule has 0 aliphatic heterocycles. The Balaban J connectivity index is 3.11. The lowest BCUT2D eigenvalue weighted by Gasteiger charge is -2.13. The molecule has 0 spiro atoms. The van der Waals surface area contributed by atoms with E-state index in [0.29, 0.717) is 6.61 Å². The SMILES string of the molecule is CCOC(=O)c1cnc(C(C)OCC)nc1C(F)F. The quantitative estimate of drug-likeness (QED) is 0.746. The molecule has 0 bridgehead atoms. The van der Waals surface area contributed by atoms with E-state index in [1.165, 1.54) is 0 Å². The summed E-state index contributed by atoms with van der Waals surface area (Å²) in [5.74, 6) is -0.737. The van der Waals surface area contributed by atoms with Gasteiger partial charge in [-0.05, 0) is 20.8 Å². The third kappa shape index (κ3) is 3.92. The van der Waals surface area contributed by atoms with Crippen LogP contribution < -0.4 is 0 Å². The van der Waals surface area contributed by atoms with Crippen LogP contribution in [0.4, 0.5) is 8.78 Å². The zero-order chi connectivity index (χ0) is 14.4. The van der Waals surface area contributed by atoms with Crippen LogP contribution in [0.5, 0.6) is 0 Å². The summed E-state index contributed by atoms with van der Waals surface area (Å²) in [6, 6.07) is 0. The molecule has 1 aromatic heterocycles. The number of hydrogen-bond acceptors (Lipinski definition) is 5. The van der Waals surface area contributed by atoms with E-state index in [1.807, 2.05) is 0 Å². The number of rotatable bonds is 6. The lowest BCUT2D eigenvalue weighted by Crippen LogP contribution is -2.14. The fourth-order valence-corrected chi connectivity index (χ4v) is 1.46. The third-order valence-corrected chi connectivity index (χ3v) is 2.32. The number of ether oxygens (including phenoxy) is 2. The summed E-state index contributed by atoms with van der Waals surface area (Å²) in [7, 11) is 0. The first-order valence-corrected chi connectivity index (χ1v) is 5.94. The molecule has 0 fully saturated rings. The van der Waals surface area contributed by atoms with Gasteiger partial charge in [0, 0.05) is 12.8 Å². The first kappa shape index (κ1) is 15.4. The highest BCUT2D eigenvalue weighted by molar-refractivity contribution is 5.90. The van der Waals surface area contributed by atoms with Crippen LogP contribution in [0.25, 0.3) is 0 Å². The number of hydrogen-bond donors (Lipinski definition) is 0. The van der Waals surface area contributed by atoms with Gasteiger partial charge in [-0.1, -0.05) is 0 Å². The molecule has 0 N–H and O–H groups in total. The van der Waals surface area contributed by atoms with Crippen LogP contribution in [0.1, 0.15) is 55.2 Å². The van der Waals surface area contributed by atoms with Crippen molar-refractivity contribution in [2.45, 2.75) is 33.3 Å². The second-order valence-electron chi connectivity index (χ2n) is 3.65. The highest BCUT2D eigenvalue weighted by Crippen LogP contribution is 2.23. The van der Waals surface area contributed by atoms with Crippen molar-refractivity contribution in [2.24, 2.45) is 0 Å². The van der Waals surface area contributed by atoms with Gasteiger partial charge in [0.15, 0.2) is 5.82 Å². The van der Waals surface area contributed by atoms with Gasteiger partial charge >= 0.3 is 5.97 Å². The molecule has 0 aromatic carbocycles. The highest BCUT2D eigenvalue weighted by Gasteiger charge is 2.23. The predicted molar refractivity (Wildman–Crippen MR) is 63.0 cm³/mol. The molecular weight excluding hydrogens is 258 g/mol. The molecule has 1 rings (SSSR count). The van der Waals surface area contributed by atoms with Crippen LogP contribution in [0.2, 0.25) is 0 Å². The molecule has 0 radical (unpaired) electrons. The second-order valence-corrected chi connectivity index (χ2v) is 3.65. The van der Waals surface area contributed by atoms with Gasteiger partial charge in [-0.2, -0.15) is 0 Å². The molecule has 7 heteroatoms. The Morgan fingerprint density at radius 3 is 2.58 bits per heavy atom. The van der Waals surface area contributed by atoms with Crippen molar-refractivity contribution in [2.75, 3.05) is 13.2 Å². The largest absolute Gasteiger partial charge is 0.462 e. The van der Waals surface area contributed by atoms with Gasteiger partial charge in [-0.25, -0.2) is 23.5 Å². The maximum atomic E-state index is 12.9. The second kappa shape index (κ2) is 7.08. The van der Waals surface area contributed by atoms with Crippen LogP contribution in [-0.4, -0.2) is 29.2 Å². The molecule has 0 saturated carbocycles. The van der Waals surface area contributed by atoms with Crippen LogP contribution in [0, 0.1) is 0 Å². The molecule has 0 aliphatic carbocycles. The topological polar surface area (TPSA) is 61.3 Å². The van der Waals surface area contributed by atoms with Crippen molar-refractivity contribution in [1.29, 1.82) is 0 Å². The van der Waals surface area contributed by atoms with Crippen molar-refractivity contribution in [1.82, 2.24) is 9.97 Å². The molecule has 1 aromatic rings. The third-order valence-electron chi connectivity index (χ3n) is 2.32. The number of carbonyl (C=O) groups is 1. The van der Waals surface area contributed by atoms with Gasteiger partial charge < -0.3 is 9.47 Å². The maximum absolute atomic E-state index is 12.9. The lowest BCUT2D eigenvalue weighted by atomic mass is 10.2. The Bertz CT molecular complexity index is 441. The van der Waals surface area contributed by atoms with Crippen LogP contribution in [0.3, 0.4) is 0 Å². The number of halogens is 2. The normalized spacial score (nSPS) is 12.5. The fourth-order valence-electron chi connectivity index (χ4n) is 1.46. The number of nitrogens with zero attached hydrogens (tertiary/aromatic N) is 2. The molecule has 19 heavy (non-hydrogen) atoms. The predicted octanol–water partition coefficient (Wildman–Crippen LogP) is 2.69. The molecule has 1 unspecified atom stereocenters. The minimum atomic E-state index is -2.88.